The maximum absolute atomic E-state index is 12.8. The minimum atomic E-state index is -2.02. The fraction of sp³-hybridized carbons (Fsp3) is 0.882. The van der Waals surface area contributed by atoms with Crippen LogP contribution in [0.5, 0.6) is 0 Å². The van der Waals surface area contributed by atoms with Gasteiger partial charge >= 0.3 is 23.9 Å². The monoisotopic (exact) mass is 846 g/mol. The van der Waals surface area contributed by atoms with E-state index >= 15 is 0 Å². The number of esters is 2. The lowest BCUT2D eigenvalue weighted by Gasteiger charge is -2.50. The molecule has 4 rings (SSSR count). The summed E-state index contributed by atoms with van der Waals surface area (Å²) >= 11 is 0. The lowest BCUT2D eigenvalue weighted by molar-refractivity contribution is -0.385. The first kappa shape index (κ1) is 47.9. The number of methoxy groups -OCH3 is 5. The Morgan fingerprint density at radius 1 is 0.517 bits per heavy atom. The van der Waals surface area contributed by atoms with Crippen LogP contribution in [0.4, 0.5) is 0 Å². The Hall–Kier alpha value is -2.76. The second-order valence-corrected chi connectivity index (χ2v) is 13.8. The zero-order valence-electron chi connectivity index (χ0n) is 33.0. The molecular weight excluding hydrogens is 792 g/mol. The van der Waals surface area contributed by atoms with Crippen LogP contribution in [0.1, 0.15) is 20.8 Å². The third kappa shape index (κ3) is 10.4. The summed E-state index contributed by atoms with van der Waals surface area (Å²) < 4.78 is 79.3. The molecule has 334 valence electrons. The number of carbonyl (C=O) groups excluding carboxylic acids is 2. The third-order valence-electron chi connectivity index (χ3n) is 10.2. The van der Waals surface area contributed by atoms with Crippen LogP contribution in [-0.2, 0) is 85.5 Å². The summed E-state index contributed by atoms with van der Waals surface area (Å²) in [6.45, 7) is 2.29. The van der Waals surface area contributed by atoms with Gasteiger partial charge in [0.05, 0.1) is 12.7 Å². The average Bonchev–Trinajstić information content (AvgIpc) is 3.18. The molecule has 8 unspecified atom stereocenters. The first-order valence-electron chi connectivity index (χ1n) is 18.1. The quantitative estimate of drug-likeness (QED) is 0.0763. The van der Waals surface area contributed by atoms with E-state index in [1.807, 2.05) is 0 Å². The van der Waals surface area contributed by atoms with Gasteiger partial charge in [-0.25, -0.2) is 9.59 Å². The van der Waals surface area contributed by atoms with E-state index in [2.05, 4.69) is 0 Å². The predicted molar refractivity (Wildman–Crippen MR) is 181 cm³/mol. The zero-order chi connectivity index (χ0) is 43.2. The number of aliphatic carboxylic acids is 2. The van der Waals surface area contributed by atoms with E-state index in [1.54, 1.807) is 6.92 Å². The molecule has 6 N–H and O–H groups in total. The molecule has 4 aliphatic rings. The molecule has 24 heteroatoms. The fourth-order valence-electron chi connectivity index (χ4n) is 7.45. The highest BCUT2D eigenvalue weighted by Crippen LogP contribution is 2.38. The van der Waals surface area contributed by atoms with Crippen LogP contribution < -0.4 is 0 Å². The highest BCUT2D eigenvalue weighted by molar-refractivity contribution is 5.73. The number of hydrogen-bond donors (Lipinski definition) is 6. The molecule has 4 heterocycles. The predicted octanol–water partition coefficient (Wildman–Crippen LogP) is -3.88. The average molecular weight is 847 g/mol. The Balaban J connectivity index is 1.67. The van der Waals surface area contributed by atoms with Gasteiger partial charge in [-0.1, -0.05) is 6.92 Å². The summed E-state index contributed by atoms with van der Waals surface area (Å²) in [7, 11) is 6.16. The maximum Gasteiger partial charge on any atom is 0.335 e. The van der Waals surface area contributed by atoms with Crippen LogP contribution in [-0.4, -0.2) is 220 Å². The minimum absolute atomic E-state index is 0.636. The Bertz CT molecular complexity index is 1370. The molecule has 0 bridgehead atoms. The third-order valence-corrected chi connectivity index (χ3v) is 10.2. The molecule has 4 fully saturated rings. The zero-order valence-corrected chi connectivity index (χ0v) is 33.0. The Morgan fingerprint density at radius 3 is 1.53 bits per heavy atom. The molecule has 0 aromatic carbocycles. The molecule has 0 aliphatic carbocycles. The van der Waals surface area contributed by atoms with Gasteiger partial charge in [-0.3, -0.25) is 9.59 Å². The Labute approximate surface area is 332 Å². The maximum atomic E-state index is 12.8. The Morgan fingerprint density at radius 2 is 1.03 bits per heavy atom. The normalized spacial score (nSPS) is 43.3. The molecule has 24 nitrogen and oxygen atoms in total. The van der Waals surface area contributed by atoms with Crippen molar-refractivity contribution < 1.29 is 116 Å². The van der Waals surface area contributed by atoms with Crippen LogP contribution in [0.2, 0.25) is 0 Å². The van der Waals surface area contributed by atoms with Gasteiger partial charge in [-0.2, -0.15) is 0 Å². The van der Waals surface area contributed by atoms with E-state index in [-0.39, 0.29) is 0 Å². The van der Waals surface area contributed by atoms with Crippen molar-refractivity contribution in [3.63, 3.8) is 0 Å². The summed E-state index contributed by atoms with van der Waals surface area (Å²) in [4.78, 5) is 49.4. The van der Waals surface area contributed by atoms with E-state index in [1.165, 1.54) is 35.5 Å². The molecule has 0 spiro atoms. The number of aliphatic hydroxyl groups excluding tert-OH is 4. The standard InChI is InChI=1S/C34H54O24/c1-11-19(45-4)27(47-6)33(54-20(11)29(41)42)56-22-15(10-50-12(2)36)53-32(18(40)23(22)51-13(3)37)57-25-24(46-5)28(48-7)34(58-26(25)30(43)44)55-21-14(9-35)52-31(49-8)17(39)16(21)38/h11,14-28,31-35,38-40H,9-10H2,1-8H3,(H,41,42)(H,43,44)/t11-,14?,15-,16+,17?,18?,19-,20?,21+,22+,23?,24?,25-,26+,27?,28?,31-,32+,33-,34+/m0/s1. The van der Waals surface area contributed by atoms with E-state index in [9.17, 15) is 49.8 Å². The lowest BCUT2D eigenvalue weighted by Crippen LogP contribution is -2.68. The van der Waals surface area contributed by atoms with Crippen molar-refractivity contribution in [2.75, 3.05) is 48.8 Å². The number of carbonyl (C=O) groups is 4. The van der Waals surface area contributed by atoms with Gasteiger partial charge in [0, 0.05) is 55.3 Å². The molecule has 0 radical (unpaired) electrons. The SMILES string of the molecule is COC1C(OC)[C@H](O[C@H]2O[C@@H](COC(C)=O)[C@@H](O[C@@H]3OC(C(=O)O)[C@@H](C)[C@H](OC)C3OC)C(OC(C)=O)C2O)[C@H](C(=O)O)O[C@H]1O[C@@H]1C(CO)O[C@H](OC)C(O)[C@H]1O. The number of aliphatic hydroxyl groups is 4. The van der Waals surface area contributed by atoms with Crippen molar-refractivity contribution >= 4 is 23.9 Å². The summed E-state index contributed by atoms with van der Waals surface area (Å²) in [5.41, 5.74) is 0. The first-order valence-corrected chi connectivity index (χ1v) is 18.1. The van der Waals surface area contributed by atoms with Crippen LogP contribution in [0, 0.1) is 5.92 Å². The van der Waals surface area contributed by atoms with Crippen molar-refractivity contribution in [3.05, 3.63) is 0 Å². The smallest absolute Gasteiger partial charge is 0.335 e. The second-order valence-electron chi connectivity index (χ2n) is 13.8. The van der Waals surface area contributed by atoms with E-state index in [4.69, 9.17) is 66.3 Å². The van der Waals surface area contributed by atoms with Gasteiger partial charge in [0.25, 0.3) is 0 Å². The molecule has 4 aliphatic heterocycles. The van der Waals surface area contributed by atoms with Crippen molar-refractivity contribution in [1.29, 1.82) is 0 Å². The molecule has 20 atom stereocenters. The van der Waals surface area contributed by atoms with Gasteiger partial charge in [-0.05, 0) is 0 Å². The molecule has 0 amide bonds. The molecule has 0 aromatic rings. The van der Waals surface area contributed by atoms with Crippen molar-refractivity contribution in [2.24, 2.45) is 5.92 Å². The highest BCUT2D eigenvalue weighted by Gasteiger charge is 2.58. The van der Waals surface area contributed by atoms with E-state index in [0.29, 0.717) is 0 Å². The van der Waals surface area contributed by atoms with Crippen LogP contribution in [0.3, 0.4) is 0 Å². The first-order chi connectivity index (χ1) is 27.5. The summed E-state index contributed by atoms with van der Waals surface area (Å²) in [6.07, 6.45) is -29.7. The molecule has 4 saturated heterocycles. The largest absolute Gasteiger partial charge is 0.479 e. The topological polar surface area (TPSA) is 319 Å². The van der Waals surface area contributed by atoms with Crippen LogP contribution in [0.15, 0.2) is 0 Å². The molecule has 58 heavy (non-hydrogen) atoms. The van der Waals surface area contributed by atoms with E-state index < -0.39 is 160 Å². The van der Waals surface area contributed by atoms with Crippen LogP contribution >= 0.6 is 0 Å². The Kier molecular flexibility index (Phi) is 17.5. The van der Waals surface area contributed by atoms with Crippen molar-refractivity contribution in [2.45, 2.75) is 137 Å². The van der Waals surface area contributed by atoms with E-state index in [0.717, 1.165) is 13.8 Å². The van der Waals surface area contributed by atoms with Crippen molar-refractivity contribution in [1.82, 2.24) is 0 Å². The molecule has 0 saturated carbocycles. The molecule has 0 aromatic heterocycles. The van der Waals surface area contributed by atoms with Crippen molar-refractivity contribution in [3.8, 4) is 0 Å². The number of rotatable bonds is 17. The molecular formula is C34H54O24. The number of carboxylic acids is 2. The van der Waals surface area contributed by atoms with Gasteiger partial charge in [0.2, 0.25) is 0 Å². The van der Waals surface area contributed by atoms with Crippen LogP contribution in [0.25, 0.3) is 0 Å². The van der Waals surface area contributed by atoms with Gasteiger partial charge in [0.1, 0.15) is 73.8 Å². The highest BCUT2D eigenvalue weighted by atomic mass is 16.8. The summed E-state index contributed by atoms with van der Waals surface area (Å²) in [6, 6.07) is 0. The number of carboxylic acid groups (broad SMARTS) is 2. The fourth-order valence-corrected chi connectivity index (χ4v) is 7.45. The second kappa shape index (κ2) is 21.2. The van der Waals surface area contributed by atoms with Gasteiger partial charge < -0.3 is 97.0 Å². The van der Waals surface area contributed by atoms with Gasteiger partial charge in [0.15, 0.2) is 43.5 Å². The summed E-state index contributed by atoms with van der Waals surface area (Å²) in [5.74, 6) is -5.49. The van der Waals surface area contributed by atoms with Gasteiger partial charge in [-0.15, -0.1) is 0 Å². The summed E-state index contributed by atoms with van der Waals surface area (Å²) in [5, 5.41) is 63.4. The number of hydrogen-bond acceptors (Lipinski definition) is 22. The minimum Gasteiger partial charge on any atom is -0.479 e. The number of ether oxygens (including phenoxy) is 14. The lowest BCUT2D eigenvalue weighted by atomic mass is 9.90.